The first-order valence-electron chi connectivity index (χ1n) is 12.8. The molecule has 2 aromatic heterocycles. The quantitative estimate of drug-likeness (QED) is 0.386. The van der Waals surface area contributed by atoms with Gasteiger partial charge in [-0.15, -0.1) is 0 Å². The Labute approximate surface area is 224 Å². The van der Waals surface area contributed by atoms with Crippen LogP contribution in [0.4, 0.5) is 13.2 Å². The van der Waals surface area contributed by atoms with Crippen LogP contribution in [0.3, 0.4) is 0 Å². The third-order valence-electron chi connectivity index (χ3n) is 8.32. The minimum atomic E-state index is -3.50. The van der Waals surface area contributed by atoms with Crippen molar-refractivity contribution in [3.8, 4) is 28.2 Å². The van der Waals surface area contributed by atoms with Crippen molar-refractivity contribution in [2.45, 2.75) is 24.6 Å². The van der Waals surface area contributed by atoms with Gasteiger partial charge in [0.15, 0.2) is 11.4 Å². The Kier molecular flexibility index (Phi) is 4.55. The first-order valence-corrected chi connectivity index (χ1v) is 12.8. The molecule has 4 aliphatic rings. The zero-order chi connectivity index (χ0) is 27.5. The molecule has 2 aliphatic carbocycles. The number of rotatable bonds is 1. The number of alkyl halides is 2. The molecule has 1 fully saturated rings. The molecule has 8 rings (SSSR count). The van der Waals surface area contributed by atoms with Crippen LogP contribution in [0.5, 0.6) is 5.75 Å². The number of morpholine rings is 1. The summed E-state index contributed by atoms with van der Waals surface area (Å²) in [5, 5.41) is 12.5. The molecule has 2 aromatic carbocycles. The molecule has 8 nitrogen and oxygen atoms in total. The molecule has 2 atom stereocenters. The Bertz CT molecular complexity index is 1830. The second-order valence-electron chi connectivity index (χ2n) is 10.4. The first-order chi connectivity index (χ1) is 19.3. The summed E-state index contributed by atoms with van der Waals surface area (Å²) in [7, 11) is 0. The number of nitrogens with zero attached hydrogens (tertiary/aromatic N) is 3. The molecule has 0 saturated carbocycles. The Morgan fingerprint density at radius 1 is 1.02 bits per heavy atom. The van der Waals surface area contributed by atoms with E-state index in [-0.39, 0.29) is 36.6 Å². The van der Waals surface area contributed by atoms with Gasteiger partial charge in [-0.25, -0.2) is 13.2 Å². The van der Waals surface area contributed by atoms with Crippen LogP contribution < -0.4 is 10.4 Å². The molecule has 1 amide bonds. The van der Waals surface area contributed by atoms with Gasteiger partial charge in [0.2, 0.25) is 5.43 Å². The van der Waals surface area contributed by atoms with Crippen molar-refractivity contribution in [1.82, 2.24) is 9.58 Å². The number of carbonyl (C=O) groups excluding carboxylic acids is 1. The summed E-state index contributed by atoms with van der Waals surface area (Å²) in [6, 6.07) is 10.0. The highest BCUT2D eigenvalue weighted by atomic mass is 19.3. The molecule has 0 spiro atoms. The number of hydrogen-bond donors (Lipinski definition) is 1. The maximum Gasteiger partial charge on any atom is 0.280 e. The maximum atomic E-state index is 15.6. The summed E-state index contributed by atoms with van der Waals surface area (Å²) in [5.74, 6) is -5.44. The van der Waals surface area contributed by atoms with Crippen LogP contribution in [-0.2, 0) is 17.1 Å². The third-order valence-corrected chi connectivity index (χ3v) is 8.32. The van der Waals surface area contributed by atoms with E-state index < -0.39 is 53.0 Å². The number of pyridine rings is 1. The molecule has 4 heterocycles. The average molecular weight is 547 g/mol. The van der Waals surface area contributed by atoms with Gasteiger partial charge in [0.1, 0.15) is 17.7 Å². The molecule has 0 bridgehead atoms. The van der Waals surface area contributed by atoms with Crippen LogP contribution in [-0.4, -0.2) is 46.5 Å². The van der Waals surface area contributed by atoms with Crippen LogP contribution in [0.1, 0.15) is 38.8 Å². The van der Waals surface area contributed by atoms with E-state index in [0.717, 1.165) is 12.1 Å². The van der Waals surface area contributed by atoms with Crippen molar-refractivity contribution in [2.24, 2.45) is 0 Å². The van der Waals surface area contributed by atoms with Gasteiger partial charge in [-0.3, -0.25) is 19.3 Å². The molecule has 1 N–H and O–H groups in total. The Morgan fingerprint density at radius 3 is 2.70 bits per heavy atom. The van der Waals surface area contributed by atoms with Crippen LogP contribution in [0.2, 0.25) is 0 Å². The van der Waals surface area contributed by atoms with Gasteiger partial charge < -0.3 is 19.2 Å². The predicted molar refractivity (Wildman–Crippen MR) is 135 cm³/mol. The van der Waals surface area contributed by atoms with E-state index in [1.165, 1.54) is 28.1 Å². The lowest BCUT2D eigenvalue weighted by Gasteiger charge is -2.51. The summed E-state index contributed by atoms with van der Waals surface area (Å²) >= 11 is 0. The van der Waals surface area contributed by atoms with E-state index in [4.69, 9.17) is 9.15 Å². The smallest absolute Gasteiger partial charge is 0.280 e. The molecule has 40 heavy (non-hydrogen) atoms. The summed E-state index contributed by atoms with van der Waals surface area (Å²) in [6.07, 6.45) is 1.25. The van der Waals surface area contributed by atoms with Crippen LogP contribution in [0.25, 0.3) is 22.5 Å². The van der Waals surface area contributed by atoms with Crippen LogP contribution in [0.15, 0.2) is 64.1 Å². The SMILES string of the molecule is O=C1c2c(O)c(=O)ccn2N(C2c3ccccc3-c3occ4c3-c3c2ccc(F)c3C(F)(F)C4)C2COCCN12. The molecular weight excluding hydrogens is 527 g/mol. The molecule has 4 aromatic rings. The van der Waals surface area contributed by atoms with Crippen molar-refractivity contribution in [1.29, 1.82) is 0 Å². The molecule has 0 radical (unpaired) electrons. The average Bonchev–Trinajstić information content (AvgIpc) is 3.30. The molecule has 2 aliphatic heterocycles. The Hall–Kier alpha value is -4.51. The van der Waals surface area contributed by atoms with E-state index >= 15 is 13.2 Å². The maximum absolute atomic E-state index is 15.6. The van der Waals surface area contributed by atoms with Gasteiger partial charge in [0.25, 0.3) is 11.8 Å². The largest absolute Gasteiger partial charge is 0.502 e. The number of furan rings is 1. The van der Waals surface area contributed by atoms with E-state index in [0.29, 0.717) is 28.0 Å². The van der Waals surface area contributed by atoms with E-state index in [1.807, 2.05) is 12.1 Å². The van der Waals surface area contributed by atoms with Crippen molar-refractivity contribution in [3.63, 3.8) is 0 Å². The molecule has 1 saturated heterocycles. The standard InChI is InChI=1S/C29H20F3N3O5/c30-18-6-5-17-22-21-14(11-29(31,32)23(18)22)12-40-27(21)16-4-2-1-3-15(16)24(17)35-20-13-39-10-9-33(20)28(38)25-26(37)19(36)7-8-34(25)35/h1-8,12,20,24,37H,9-11,13H2. The van der Waals surface area contributed by atoms with Crippen LogP contribution in [0, 0.1) is 5.82 Å². The van der Waals surface area contributed by atoms with Gasteiger partial charge in [-0.2, -0.15) is 0 Å². The fourth-order valence-electron chi connectivity index (χ4n) is 6.70. The molecule has 2 unspecified atom stereocenters. The highest BCUT2D eigenvalue weighted by molar-refractivity contribution is 5.97. The second-order valence-corrected chi connectivity index (χ2v) is 10.4. The lowest BCUT2D eigenvalue weighted by Crippen LogP contribution is -2.66. The monoisotopic (exact) mass is 547 g/mol. The van der Waals surface area contributed by atoms with E-state index in [1.54, 1.807) is 17.1 Å². The second kappa shape index (κ2) is 7.79. The number of benzene rings is 2. The minimum Gasteiger partial charge on any atom is -0.502 e. The molecule has 11 heteroatoms. The molecule has 202 valence electrons. The van der Waals surface area contributed by atoms with Gasteiger partial charge in [-0.05, 0) is 17.2 Å². The zero-order valence-corrected chi connectivity index (χ0v) is 20.7. The van der Waals surface area contributed by atoms with Crippen LogP contribution >= 0.6 is 0 Å². The lowest BCUT2D eigenvalue weighted by atomic mass is 9.80. The highest BCUT2D eigenvalue weighted by Gasteiger charge is 2.51. The number of halogens is 3. The van der Waals surface area contributed by atoms with E-state index in [2.05, 4.69) is 0 Å². The van der Waals surface area contributed by atoms with Gasteiger partial charge in [-0.1, -0.05) is 30.3 Å². The summed E-state index contributed by atoms with van der Waals surface area (Å²) in [6.45, 7) is 0.498. The van der Waals surface area contributed by atoms with Crippen molar-refractivity contribution in [3.05, 3.63) is 98.9 Å². The highest BCUT2D eigenvalue weighted by Crippen LogP contribution is 2.57. The van der Waals surface area contributed by atoms with Crippen molar-refractivity contribution in [2.75, 3.05) is 24.8 Å². The zero-order valence-electron chi connectivity index (χ0n) is 20.7. The number of fused-ring (bicyclic) bond motifs is 4. The minimum absolute atomic E-state index is 0.0446. The number of amides is 1. The number of carbonyl (C=O) groups is 1. The topological polar surface area (TPSA) is 88.2 Å². The number of hydrogen-bond acceptors (Lipinski definition) is 6. The fourth-order valence-corrected chi connectivity index (χ4v) is 6.70. The number of aromatic hydroxyl groups is 1. The van der Waals surface area contributed by atoms with Gasteiger partial charge in [0, 0.05) is 47.5 Å². The Morgan fingerprint density at radius 2 is 1.85 bits per heavy atom. The number of aromatic nitrogens is 1. The summed E-state index contributed by atoms with van der Waals surface area (Å²) in [4.78, 5) is 27.5. The normalized spacial score (nSPS) is 21.7. The first kappa shape index (κ1) is 23.4. The lowest BCUT2D eigenvalue weighted by molar-refractivity contribution is -0.0197. The summed E-state index contributed by atoms with van der Waals surface area (Å²) < 4.78 is 59.6. The van der Waals surface area contributed by atoms with Crippen molar-refractivity contribution >= 4 is 5.91 Å². The van der Waals surface area contributed by atoms with Crippen molar-refractivity contribution < 1.29 is 32.2 Å². The Balaban J connectivity index is 1.51. The molecular formula is C29H20F3N3O5. The summed E-state index contributed by atoms with van der Waals surface area (Å²) in [5.41, 5.74) is 0.693. The van der Waals surface area contributed by atoms with E-state index in [9.17, 15) is 14.7 Å². The fraction of sp³-hybridized carbons (Fsp3) is 0.241. The third kappa shape index (κ3) is 2.84. The van der Waals surface area contributed by atoms with Gasteiger partial charge >= 0.3 is 0 Å². The van der Waals surface area contributed by atoms with Gasteiger partial charge in [0.05, 0.1) is 31.1 Å². The predicted octanol–water partition coefficient (Wildman–Crippen LogP) is 4.12. The number of ether oxygens (including phenoxy) is 1.